The number of amidine groups is 1. The number of pyridine rings is 1. The van der Waals surface area contributed by atoms with Crippen molar-refractivity contribution < 1.29 is 9.94 Å². The first-order chi connectivity index (χ1) is 9.72. The van der Waals surface area contributed by atoms with E-state index in [4.69, 9.17) is 27.3 Å². The van der Waals surface area contributed by atoms with Crippen molar-refractivity contribution in [3.63, 3.8) is 0 Å². The summed E-state index contributed by atoms with van der Waals surface area (Å²) in [6, 6.07) is 1.96. The number of fused-ring (bicyclic) bond motifs is 1. The van der Waals surface area contributed by atoms with E-state index in [2.05, 4.69) is 15.0 Å². The van der Waals surface area contributed by atoms with E-state index in [1.54, 1.807) is 12.3 Å². The minimum absolute atomic E-state index is 0.00474. The van der Waals surface area contributed by atoms with Gasteiger partial charge >= 0.3 is 0 Å². The van der Waals surface area contributed by atoms with Gasteiger partial charge in [0, 0.05) is 18.3 Å². The number of hydrogen-bond acceptors (Lipinski definition) is 5. The zero-order valence-electron chi connectivity index (χ0n) is 11.0. The van der Waals surface area contributed by atoms with Gasteiger partial charge in [0.1, 0.15) is 5.82 Å². The molecule has 0 amide bonds. The number of aromatic nitrogens is 1. The number of nitrogens with zero attached hydrogens (tertiary/aromatic N) is 3. The van der Waals surface area contributed by atoms with Crippen molar-refractivity contribution in [2.45, 2.75) is 31.4 Å². The van der Waals surface area contributed by atoms with Crippen LogP contribution in [0.25, 0.3) is 0 Å². The Hall–Kier alpha value is -1.53. The molecule has 0 spiro atoms. The average Bonchev–Trinajstić information content (AvgIpc) is 2.95. The van der Waals surface area contributed by atoms with Gasteiger partial charge in [-0.1, -0.05) is 16.8 Å². The standard InChI is InChI=1S/C13H17ClN4O2/c14-11-8(12(15)17-19)4-5-16-13(11)18-6-7-20-10-3-1-2-9(10)18/h4-5,9-10,19H,1-3,6-7H2,(H2,15,17). The number of oxime groups is 1. The van der Waals surface area contributed by atoms with Crippen LogP contribution in [-0.2, 0) is 4.74 Å². The highest BCUT2D eigenvalue weighted by Crippen LogP contribution is 2.36. The number of rotatable bonds is 2. The van der Waals surface area contributed by atoms with Crippen molar-refractivity contribution >= 4 is 23.3 Å². The molecule has 20 heavy (non-hydrogen) atoms. The molecule has 1 saturated carbocycles. The molecule has 1 saturated heterocycles. The maximum absolute atomic E-state index is 8.81. The molecule has 108 valence electrons. The van der Waals surface area contributed by atoms with Gasteiger partial charge in [0.15, 0.2) is 5.84 Å². The first-order valence-corrected chi connectivity index (χ1v) is 7.11. The maximum Gasteiger partial charge on any atom is 0.171 e. The number of nitrogens with two attached hydrogens (primary N) is 1. The number of ether oxygens (including phenoxy) is 1. The van der Waals surface area contributed by atoms with Crippen LogP contribution in [0, 0.1) is 0 Å². The molecule has 1 aromatic rings. The molecule has 0 bridgehead atoms. The highest BCUT2D eigenvalue weighted by Gasteiger charge is 2.37. The summed E-state index contributed by atoms with van der Waals surface area (Å²) in [6.45, 7) is 1.43. The molecule has 2 aliphatic rings. The van der Waals surface area contributed by atoms with Crippen molar-refractivity contribution in [2.75, 3.05) is 18.1 Å². The first-order valence-electron chi connectivity index (χ1n) is 6.73. The van der Waals surface area contributed by atoms with Crippen LogP contribution in [0.15, 0.2) is 17.4 Å². The fraction of sp³-hybridized carbons (Fsp3) is 0.538. The molecule has 3 N–H and O–H groups in total. The molecule has 1 aromatic heterocycles. The molecule has 0 radical (unpaired) electrons. The quantitative estimate of drug-likeness (QED) is 0.375. The highest BCUT2D eigenvalue weighted by molar-refractivity contribution is 6.36. The molecule has 2 unspecified atom stereocenters. The second-order valence-corrected chi connectivity index (χ2v) is 5.46. The van der Waals surface area contributed by atoms with Crippen molar-refractivity contribution in [3.05, 3.63) is 22.8 Å². The van der Waals surface area contributed by atoms with E-state index in [1.807, 2.05) is 0 Å². The molecule has 2 heterocycles. The van der Waals surface area contributed by atoms with Gasteiger partial charge in [0.05, 0.1) is 23.8 Å². The normalized spacial score (nSPS) is 26.6. The van der Waals surface area contributed by atoms with E-state index in [-0.39, 0.29) is 11.9 Å². The van der Waals surface area contributed by atoms with Crippen LogP contribution in [-0.4, -0.2) is 41.3 Å². The number of anilines is 1. The van der Waals surface area contributed by atoms with Crippen molar-refractivity contribution in [1.82, 2.24) is 4.98 Å². The van der Waals surface area contributed by atoms with Gasteiger partial charge in [0.2, 0.25) is 0 Å². The molecule has 2 atom stereocenters. The lowest BCUT2D eigenvalue weighted by Crippen LogP contribution is -2.49. The highest BCUT2D eigenvalue weighted by atomic mass is 35.5. The number of hydrogen-bond donors (Lipinski definition) is 2. The SMILES string of the molecule is N/C(=N/O)c1ccnc(N2CCOC3CCCC32)c1Cl. The summed E-state index contributed by atoms with van der Waals surface area (Å²) >= 11 is 6.39. The van der Waals surface area contributed by atoms with Gasteiger partial charge in [-0.15, -0.1) is 0 Å². The Kier molecular flexibility index (Phi) is 3.67. The van der Waals surface area contributed by atoms with Crippen LogP contribution in [0.4, 0.5) is 5.82 Å². The summed E-state index contributed by atoms with van der Waals surface area (Å²) < 4.78 is 5.79. The number of morpholine rings is 1. The predicted octanol–water partition coefficient (Wildman–Crippen LogP) is 1.59. The smallest absolute Gasteiger partial charge is 0.171 e. The van der Waals surface area contributed by atoms with Crippen LogP contribution in [0.2, 0.25) is 5.02 Å². The molecule has 1 aliphatic carbocycles. The van der Waals surface area contributed by atoms with Gasteiger partial charge < -0.3 is 20.6 Å². The third-order valence-corrected chi connectivity index (χ3v) is 4.38. The summed E-state index contributed by atoms with van der Waals surface area (Å²) in [6.07, 6.45) is 5.21. The summed E-state index contributed by atoms with van der Waals surface area (Å²) in [5, 5.41) is 12.3. The molecule has 6 nitrogen and oxygen atoms in total. The van der Waals surface area contributed by atoms with Gasteiger partial charge in [0.25, 0.3) is 0 Å². The van der Waals surface area contributed by atoms with Gasteiger partial charge in [-0.05, 0) is 25.3 Å². The maximum atomic E-state index is 8.81. The Bertz CT molecular complexity index is 537. The van der Waals surface area contributed by atoms with Crippen LogP contribution >= 0.6 is 11.6 Å². The monoisotopic (exact) mass is 296 g/mol. The third-order valence-electron chi connectivity index (χ3n) is 4.01. The van der Waals surface area contributed by atoms with Gasteiger partial charge in [-0.25, -0.2) is 4.98 Å². The Labute approximate surface area is 122 Å². The Morgan fingerprint density at radius 3 is 3.20 bits per heavy atom. The van der Waals surface area contributed by atoms with Crippen LogP contribution in [0.3, 0.4) is 0 Å². The van der Waals surface area contributed by atoms with Crippen LogP contribution in [0.5, 0.6) is 0 Å². The van der Waals surface area contributed by atoms with Gasteiger partial charge in [-0.2, -0.15) is 0 Å². The third kappa shape index (κ3) is 2.19. The minimum atomic E-state index is -0.00474. The van der Waals surface area contributed by atoms with Crippen molar-refractivity contribution in [3.8, 4) is 0 Å². The lowest BCUT2D eigenvalue weighted by Gasteiger charge is -2.39. The number of halogens is 1. The Morgan fingerprint density at radius 1 is 1.55 bits per heavy atom. The molecular weight excluding hydrogens is 280 g/mol. The largest absolute Gasteiger partial charge is 0.409 e. The van der Waals surface area contributed by atoms with Gasteiger partial charge in [-0.3, -0.25) is 0 Å². The van der Waals surface area contributed by atoms with E-state index in [1.165, 1.54) is 0 Å². The second kappa shape index (κ2) is 5.46. The minimum Gasteiger partial charge on any atom is -0.409 e. The average molecular weight is 297 g/mol. The fourth-order valence-corrected chi connectivity index (χ4v) is 3.39. The summed E-state index contributed by atoms with van der Waals surface area (Å²) in [5.74, 6) is 0.686. The zero-order valence-corrected chi connectivity index (χ0v) is 11.8. The van der Waals surface area contributed by atoms with E-state index in [0.29, 0.717) is 29.1 Å². The van der Waals surface area contributed by atoms with E-state index in [0.717, 1.165) is 25.8 Å². The second-order valence-electron chi connectivity index (χ2n) is 5.08. The van der Waals surface area contributed by atoms with E-state index >= 15 is 0 Å². The fourth-order valence-electron chi connectivity index (χ4n) is 3.07. The topological polar surface area (TPSA) is 84.0 Å². The lowest BCUT2D eigenvalue weighted by atomic mass is 10.1. The molecule has 1 aliphatic heterocycles. The summed E-state index contributed by atoms with van der Waals surface area (Å²) in [5.41, 5.74) is 6.15. The van der Waals surface area contributed by atoms with E-state index in [9.17, 15) is 0 Å². The summed E-state index contributed by atoms with van der Waals surface area (Å²) in [4.78, 5) is 6.58. The molecule has 3 rings (SSSR count). The van der Waals surface area contributed by atoms with Crippen LogP contribution < -0.4 is 10.6 Å². The Morgan fingerprint density at radius 2 is 2.40 bits per heavy atom. The van der Waals surface area contributed by atoms with Crippen molar-refractivity contribution in [1.29, 1.82) is 0 Å². The lowest BCUT2D eigenvalue weighted by molar-refractivity contribution is 0.0253. The molecule has 0 aromatic carbocycles. The molecule has 7 heteroatoms. The Balaban J connectivity index is 1.97. The zero-order chi connectivity index (χ0) is 14.1. The molecular formula is C13H17ClN4O2. The molecule has 2 fully saturated rings. The predicted molar refractivity (Wildman–Crippen MR) is 76.5 cm³/mol. The summed E-state index contributed by atoms with van der Waals surface area (Å²) in [7, 11) is 0. The first kappa shape index (κ1) is 13.5. The van der Waals surface area contributed by atoms with Crippen LogP contribution in [0.1, 0.15) is 24.8 Å². The van der Waals surface area contributed by atoms with Crippen molar-refractivity contribution in [2.24, 2.45) is 10.9 Å². The van der Waals surface area contributed by atoms with E-state index < -0.39 is 0 Å².